The average Bonchev–Trinajstić information content (AvgIpc) is 2.98. The van der Waals surface area contributed by atoms with Crippen LogP contribution in [0.1, 0.15) is 15.9 Å². The Kier molecular flexibility index (Phi) is 3.95. The average molecular weight is 398 g/mol. The maximum Gasteiger partial charge on any atom is 0.259 e. The zero-order valence-electron chi connectivity index (χ0n) is 13.0. The van der Waals surface area contributed by atoms with E-state index in [1.165, 1.54) is 6.20 Å². The molecule has 0 spiro atoms. The highest BCUT2D eigenvalue weighted by Gasteiger charge is 2.32. The topological polar surface area (TPSA) is 83.5 Å². The number of nitriles is 1. The summed E-state index contributed by atoms with van der Waals surface area (Å²) in [5, 5.41) is 13.1. The molecule has 8 heteroatoms. The molecular weight excluding hydrogens is 386 g/mol. The third kappa shape index (κ3) is 2.77. The lowest BCUT2D eigenvalue weighted by Crippen LogP contribution is -2.52. The lowest BCUT2D eigenvalue weighted by molar-refractivity contribution is 0.00808. The van der Waals surface area contributed by atoms with Crippen molar-refractivity contribution in [3.05, 3.63) is 58.5 Å². The number of pyridine rings is 2. The highest BCUT2D eigenvalue weighted by Crippen LogP contribution is 2.24. The Morgan fingerprint density at radius 2 is 2.20 bits per heavy atom. The number of halogens is 1. The van der Waals surface area contributed by atoms with Crippen molar-refractivity contribution >= 4 is 33.2 Å². The smallest absolute Gasteiger partial charge is 0.259 e. The second-order valence-corrected chi connectivity index (χ2v) is 6.48. The van der Waals surface area contributed by atoms with Gasteiger partial charge in [-0.1, -0.05) is 0 Å². The number of amides is 1. The van der Waals surface area contributed by atoms with Crippen LogP contribution in [-0.4, -0.2) is 39.8 Å². The first-order valence-electron chi connectivity index (χ1n) is 7.58. The molecule has 0 radical (unpaired) electrons. The van der Waals surface area contributed by atoms with Gasteiger partial charge in [-0.15, -0.1) is 0 Å². The van der Waals surface area contributed by atoms with Gasteiger partial charge >= 0.3 is 0 Å². The Bertz CT molecular complexity index is 988. The van der Waals surface area contributed by atoms with Crippen LogP contribution in [0, 0.1) is 11.3 Å². The zero-order chi connectivity index (χ0) is 17.4. The van der Waals surface area contributed by atoms with Gasteiger partial charge in [0.15, 0.2) is 0 Å². The van der Waals surface area contributed by atoms with Crippen LogP contribution in [0.25, 0.3) is 5.52 Å². The SMILES string of the molecule is N#Cc1ccc(N(C(=O)c2ccn3ncc(Br)c3c2)C2COC2)nc1. The molecule has 0 atom stereocenters. The van der Waals surface area contributed by atoms with Gasteiger partial charge < -0.3 is 4.74 Å². The lowest BCUT2D eigenvalue weighted by atomic mass is 10.1. The van der Waals surface area contributed by atoms with Gasteiger partial charge in [0, 0.05) is 18.0 Å². The van der Waals surface area contributed by atoms with Gasteiger partial charge in [0.25, 0.3) is 5.91 Å². The van der Waals surface area contributed by atoms with Crippen LogP contribution >= 0.6 is 15.9 Å². The Hall–Kier alpha value is -2.76. The lowest BCUT2D eigenvalue weighted by Gasteiger charge is -2.36. The third-order valence-electron chi connectivity index (χ3n) is 4.05. The van der Waals surface area contributed by atoms with E-state index in [2.05, 4.69) is 26.0 Å². The molecule has 3 aromatic heterocycles. The van der Waals surface area contributed by atoms with Crippen molar-refractivity contribution in [1.29, 1.82) is 5.26 Å². The van der Waals surface area contributed by atoms with Gasteiger partial charge in [0.2, 0.25) is 0 Å². The highest BCUT2D eigenvalue weighted by molar-refractivity contribution is 9.10. The maximum absolute atomic E-state index is 13.1. The molecule has 0 aliphatic carbocycles. The Labute approximate surface area is 151 Å². The second-order valence-electron chi connectivity index (χ2n) is 5.62. The highest BCUT2D eigenvalue weighted by atomic mass is 79.9. The van der Waals surface area contributed by atoms with E-state index in [1.54, 1.807) is 46.1 Å². The van der Waals surface area contributed by atoms with Gasteiger partial charge in [-0.2, -0.15) is 10.4 Å². The van der Waals surface area contributed by atoms with Crippen LogP contribution in [0.3, 0.4) is 0 Å². The molecule has 124 valence electrons. The number of carbonyl (C=O) groups is 1. The summed E-state index contributed by atoms with van der Waals surface area (Å²) in [6.07, 6.45) is 4.89. The van der Waals surface area contributed by atoms with Crippen LogP contribution < -0.4 is 4.90 Å². The number of nitrogens with zero attached hydrogens (tertiary/aromatic N) is 5. The summed E-state index contributed by atoms with van der Waals surface area (Å²) in [6, 6.07) is 8.81. The molecule has 0 saturated carbocycles. The van der Waals surface area contributed by atoms with Crippen LogP contribution in [0.15, 0.2) is 47.3 Å². The molecule has 0 aromatic carbocycles. The van der Waals surface area contributed by atoms with Crippen molar-refractivity contribution in [3.8, 4) is 6.07 Å². The largest absolute Gasteiger partial charge is 0.377 e. The number of anilines is 1. The molecule has 0 bridgehead atoms. The van der Waals surface area contributed by atoms with Crippen LogP contribution in [0.2, 0.25) is 0 Å². The third-order valence-corrected chi connectivity index (χ3v) is 4.66. The summed E-state index contributed by atoms with van der Waals surface area (Å²) in [5.41, 5.74) is 1.79. The predicted octanol–water partition coefficient (Wildman–Crippen LogP) is 2.41. The summed E-state index contributed by atoms with van der Waals surface area (Å²) < 4.78 is 7.76. The number of aromatic nitrogens is 3. The number of ether oxygens (including phenoxy) is 1. The van der Waals surface area contributed by atoms with Gasteiger partial charge in [0.05, 0.1) is 41.0 Å². The van der Waals surface area contributed by atoms with E-state index in [4.69, 9.17) is 10.00 Å². The van der Waals surface area contributed by atoms with E-state index >= 15 is 0 Å². The van der Waals surface area contributed by atoms with Crippen molar-refractivity contribution in [2.45, 2.75) is 6.04 Å². The number of carbonyl (C=O) groups excluding carboxylic acids is 1. The molecule has 7 nitrogen and oxygen atoms in total. The molecule has 3 aromatic rings. The van der Waals surface area contributed by atoms with Crippen molar-refractivity contribution in [3.63, 3.8) is 0 Å². The van der Waals surface area contributed by atoms with E-state index in [-0.39, 0.29) is 11.9 Å². The zero-order valence-corrected chi connectivity index (χ0v) is 14.5. The first kappa shape index (κ1) is 15.7. The summed E-state index contributed by atoms with van der Waals surface area (Å²) in [6.45, 7) is 0.929. The van der Waals surface area contributed by atoms with Crippen molar-refractivity contribution in [2.24, 2.45) is 0 Å². The molecule has 1 amide bonds. The first-order chi connectivity index (χ1) is 12.2. The molecule has 1 aliphatic heterocycles. The van der Waals surface area contributed by atoms with E-state index in [0.29, 0.717) is 30.2 Å². The van der Waals surface area contributed by atoms with Crippen LogP contribution in [0.4, 0.5) is 5.82 Å². The van der Waals surface area contributed by atoms with Crippen LogP contribution in [0.5, 0.6) is 0 Å². The molecule has 4 heterocycles. The first-order valence-corrected chi connectivity index (χ1v) is 8.37. The maximum atomic E-state index is 13.1. The normalized spacial score (nSPS) is 14.1. The molecule has 4 rings (SSSR count). The fourth-order valence-electron chi connectivity index (χ4n) is 2.65. The number of fused-ring (bicyclic) bond motifs is 1. The van der Waals surface area contributed by atoms with E-state index in [9.17, 15) is 4.79 Å². The molecule has 0 unspecified atom stereocenters. The summed E-state index contributed by atoms with van der Waals surface area (Å²) in [5.74, 6) is 0.339. The summed E-state index contributed by atoms with van der Waals surface area (Å²) in [7, 11) is 0. The number of hydrogen-bond donors (Lipinski definition) is 0. The van der Waals surface area contributed by atoms with E-state index in [0.717, 1.165) is 9.99 Å². The number of hydrogen-bond acceptors (Lipinski definition) is 5. The van der Waals surface area contributed by atoms with Gasteiger partial charge in [0.1, 0.15) is 11.9 Å². The Morgan fingerprint density at radius 3 is 2.84 bits per heavy atom. The van der Waals surface area contributed by atoms with Crippen LogP contribution in [-0.2, 0) is 4.74 Å². The minimum absolute atomic E-state index is 0.0717. The van der Waals surface area contributed by atoms with E-state index < -0.39 is 0 Å². The molecule has 1 fully saturated rings. The van der Waals surface area contributed by atoms with Crippen molar-refractivity contribution in [2.75, 3.05) is 18.1 Å². The Balaban J connectivity index is 1.73. The quantitative estimate of drug-likeness (QED) is 0.677. The second kappa shape index (κ2) is 6.27. The molecule has 1 aliphatic rings. The van der Waals surface area contributed by atoms with Gasteiger partial charge in [-0.3, -0.25) is 9.69 Å². The summed E-state index contributed by atoms with van der Waals surface area (Å²) in [4.78, 5) is 19.0. The predicted molar refractivity (Wildman–Crippen MR) is 93.3 cm³/mol. The van der Waals surface area contributed by atoms with Crippen molar-refractivity contribution in [1.82, 2.24) is 14.6 Å². The van der Waals surface area contributed by atoms with Gasteiger partial charge in [-0.25, -0.2) is 9.50 Å². The fraction of sp³-hybridized carbons (Fsp3) is 0.176. The molecule has 1 saturated heterocycles. The standard InChI is InChI=1S/C17H12BrN5O2/c18-14-8-21-22-4-3-12(5-15(14)22)17(24)23(13-9-25-10-13)16-2-1-11(6-19)7-20-16/h1-5,7-8,13H,9-10H2. The molecule has 25 heavy (non-hydrogen) atoms. The minimum atomic E-state index is -0.166. The summed E-state index contributed by atoms with van der Waals surface area (Å²) >= 11 is 3.43. The number of rotatable bonds is 3. The van der Waals surface area contributed by atoms with E-state index in [1.807, 2.05) is 6.07 Å². The molecule has 0 N–H and O–H groups in total. The molecular formula is C17H12BrN5O2. The fourth-order valence-corrected chi connectivity index (χ4v) is 3.03. The monoisotopic (exact) mass is 397 g/mol. The Morgan fingerprint density at radius 1 is 1.36 bits per heavy atom. The van der Waals surface area contributed by atoms with Crippen molar-refractivity contribution < 1.29 is 9.53 Å². The minimum Gasteiger partial charge on any atom is -0.377 e. The van der Waals surface area contributed by atoms with Gasteiger partial charge in [-0.05, 0) is 40.2 Å².